The number of rotatable bonds is 4. The van der Waals surface area contributed by atoms with Gasteiger partial charge in [0.05, 0.1) is 11.9 Å². The molecular weight excluding hydrogens is 334 g/mol. The molecule has 0 spiro atoms. The van der Waals surface area contributed by atoms with Gasteiger partial charge >= 0.3 is 0 Å². The number of aromatic nitrogens is 3. The largest absolute Gasteiger partial charge is 0.378 e. The zero-order valence-electron chi connectivity index (χ0n) is 16.2. The van der Waals surface area contributed by atoms with Gasteiger partial charge < -0.3 is 14.8 Å². The summed E-state index contributed by atoms with van der Waals surface area (Å²) < 4.78 is 0. The van der Waals surface area contributed by atoms with Crippen LogP contribution in [0.4, 0.5) is 5.69 Å². The first-order chi connectivity index (χ1) is 13.1. The van der Waals surface area contributed by atoms with E-state index in [0.717, 1.165) is 30.0 Å². The van der Waals surface area contributed by atoms with Gasteiger partial charge in [-0.3, -0.25) is 4.98 Å². The standard InChI is InChI=1S/C16H16N4.C6H11N/c1-2-7-20(6-1)13-8-14-15(11-19-16(14)18-10-13)12-4-3-5-17-9-12;1-5-6(2)7(3)4/h3-5,8-11H,1-2,6-7H2,(H,18,19);5H,1-2H2,3-4H3. The van der Waals surface area contributed by atoms with Crippen LogP contribution < -0.4 is 4.90 Å². The number of H-pyrrole nitrogens is 1. The van der Waals surface area contributed by atoms with Gasteiger partial charge in [-0.1, -0.05) is 19.2 Å². The molecule has 4 rings (SSSR count). The molecule has 1 aliphatic heterocycles. The van der Waals surface area contributed by atoms with Crippen molar-refractivity contribution >= 4 is 16.7 Å². The highest BCUT2D eigenvalue weighted by atomic mass is 15.1. The van der Waals surface area contributed by atoms with Crippen molar-refractivity contribution in [2.75, 3.05) is 32.1 Å². The number of aromatic amines is 1. The lowest BCUT2D eigenvalue weighted by Gasteiger charge is -2.17. The second kappa shape index (κ2) is 8.54. The molecule has 0 radical (unpaired) electrons. The maximum atomic E-state index is 4.55. The molecule has 0 saturated carbocycles. The molecule has 5 nitrogen and oxygen atoms in total. The molecule has 5 heteroatoms. The second-order valence-electron chi connectivity index (χ2n) is 6.82. The third-order valence-corrected chi connectivity index (χ3v) is 4.77. The molecule has 140 valence electrons. The summed E-state index contributed by atoms with van der Waals surface area (Å²) >= 11 is 0. The lowest BCUT2D eigenvalue weighted by atomic mass is 10.1. The number of pyridine rings is 2. The highest BCUT2D eigenvalue weighted by molar-refractivity contribution is 5.95. The van der Waals surface area contributed by atoms with Crippen LogP contribution in [0.2, 0.25) is 0 Å². The predicted molar refractivity (Wildman–Crippen MR) is 114 cm³/mol. The third-order valence-electron chi connectivity index (χ3n) is 4.77. The summed E-state index contributed by atoms with van der Waals surface area (Å²) in [6.07, 6.45) is 12.0. The highest BCUT2D eigenvalue weighted by Crippen LogP contribution is 2.30. The minimum Gasteiger partial charge on any atom is -0.378 e. The van der Waals surface area contributed by atoms with E-state index in [1.807, 2.05) is 43.7 Å². The highest BCUT2D eigenvalue weighted by Gasteiger charge is 2.15. The van der Waals surface area contributed by atoms with Crippen LogP contribution in [0.3, 0.4) is 0 Å². The van der Waals surface area contributed by atoms with E-state index in [1.54, 1.807) is 12.3 Å². The zero-order valence-corrected chi connectivity index (χ0v) is 16.2. The van der Waals surface area contributed by atoms with E-state index in [2.05, 4.69) is 45.1 Å². The Kier molecular flexibility index (Phi) is 5.91. The minimum absolute atomic E-state index is 0.937. The van der Waals surface area contributed by atoms with Gasteiger partial charge in [0.15, 0.2) is 0 Å². The molecule has 0 atom stereocenters. The van der Waals surface area contributed by atoms with Gasteiger partial charge in [-0.2, -0.15) is 0 Å². The summed E-state index contributed by atoms with van der Waals surface area (Å²) in [5.74, 6) is 0. The molecule has 1 fully saturated rings. The quantitative estimate of drug-likeness (QED) is 0.697. The Morgan fingerprint density at radius 2 is 2.04 bits per heavy atom. The smallest absolute Gasteiger partial charge is 0.138 e. The van der Waals surface area contributed by atoms with Crippen molar-refractivity contribution in [3.05, 3.63) is 67.9 Å². The first-order valence-electron chi connectivity index (χ1n) is 9.21. The number of hydrogen-bond donors (Lipinski definition) is 1. The van der Waals surface area contributed by atoms with Crippen molar-refractivity contribution in [2.45, 2.75) is 12.8 Å². The van der Waals surface area contributed by atoms with E-state index < -0.39 is 0 Å². The van der Waals surface area contributed by atoms with Crippen LogP contribution in [0.5, 0.6) is 0 Å². The number of hydrogen-bond acceptors (Lipinski definition) is 4. The van der Waals surface area contributed by atoms with E-state index in [0.29, 0.717) is 0 Å². The fourth-order valence-electron chi connectivity index (χ4n) is 3.08. The Labute approximate surface area is 161 Å². The van der Waals surface area contributed by atoms with Gasteiger partial charge in [0.25, 0.3) is 0 Å². The Bertz CT molecular complexity index is 905. The van der Waals surface area contributed by atoms with Crippen LogP contribution >= 0.6 is 0 Å². The molecule has 4 heterocycles. The van der Waals surface area contributed by atoms with Crippen LogP contribution in [0.1, 0.15) is 12.8 Å². The summed E-state index contributed by atoms with van der Waals surface area (Å²) in [5.41, 5.74) is 5.40. The van der Waals surface area contributed by atoms with Crippen molar-refractivity contribution < 1.29 is 0 Å². The minimum atomic E-state index is 0.937. The van der Waals surface area contributed by atoms with Gasteiger partial charge in [0.1, 0.15) is 5.65 Å². The van der Waals surface area contributed by atoms with Crippen molar-refractivity contribution in [3.8, 4) is 11.1 Å². The van der Waals surface area contributed by atoms with Crippen molar-refractivity contribution in [1.82, 2.24) is 19.9 Å². The lowest BCUT2D eigenvalue weighted by molar-refractivity contribution is 0.533. The molecule has 0 aliphatic carbocycles. The molecule has 0 bridgehead atoms. The Hall–Kier alpha value is -3.08. The lowest BCUT2D eigenvalue weighted by Crippen LogP contribution is -2.17. The Morgan fingerprint density at radius 3 is 2.63 bits per heavy atom. The van der Waals surface area contributed by atoms with Gasteiger partial charge in [-0.15, -0.1) is 0 Å². The fourth-order valence-corrected chi connectivity index (χ4v) is 3.08. The predicted octanol–water partition coefficient (Wildman–Crippen LogP) is 4.47. The van der Waals surface area contributed by atoms with Gasteiger partial charge in [-0.25, -0.2) is 4.98 Å². The molecule has 0 amide bonds. The molecule has 1 aliphatic rings. The number of nitrogens with zero attached hydrogens (tertiary/aromatic N) is 4. The maximum absolute atomic E-state index is 4.55. The molecule has 1 N–H and O–H groups in total. The van der Waals surface area contributed by atoms with Crippen molar-refractivity contribution in [1.29, 1.82) is 0 Å². The van der Waals surface area contributed by atoms with Crippen LogP contribution in [0, 0.1) is 0 Å². The van der Waals surface area contributed by atoms with Gasteiger partial charge in [0.2, 0.25) is 0 Å². The van der Waals surface area contributed by atoms with Gasteiger partial charge in [-0.05, 0) is 31.1 Å². The van der Waals surface area contributed by atoms with Crippen LogP contribution in [-0.2, 0) is 0 Å². The average Bonchev–Trinajstić information content (AvgIpc) is 3.37. The number of anilines is 1. The molecule has 3 aromatic heterocycles. The van der Waals surface area contributed by atoms with E-state index >= 15 is 0 Å². The van der Waals surface area contributed by atoms with Crippen molar-refractivity contribution in [2.24, 2.45) is 0 Å². The first-order valence-corrected chi connectivity index (χ1v) is 9.21. The topological polar surface area (TPSA) is 48.1 Å². The molecule has 0 aromatic carbocycles. The molecule has 3 aromatic rings. The first kappa shape index (κ1) is 18.7. The zero-order chi connectivity index (χ0) is 19.2. The van der Waals surface area contributed by atoms with E-state index in [-0.39, 0.29) is 0 Å². The number of fused-ring (bicyclic) bond motifs is 1. The summed E-state index contributed by atoms with van der Waals surface area (Å²) in [6, 6.07) is 6.29. The van der Waals surface area contributed by atoms with Crippen LogP contribution in [0.25, 0.3) is 22.2 Å². The monoisotopic (exact) mass is 361 g/mol. The number of allylic oxidation sites excluding steroid dienone is 1. The molecule has 0 unspecified atom stereocenters. The molecule has 1 saturated heterocycles. The average molecular weight is 361 g/mol. The number of likely N-dealkylation sites (N-methyl/N-ethyl adjacent to an activating group) is 1. The third kappa shape index (κ3) is 4.37. The van der Waals surface area contributed by atoms with Crippen molar-refractivity contribution in [3.63, 3.8) is 0 Å². The maximum Gasteiger partial charge on any atom is 0.138 e. The SMILES string of the molecule is C=CC(=C)N(C)C.c1cncc(-c2c[nH]c3ncc(N4CCCC4)cc23)c1. The normalized spacial score (nSPS) is 13.2. The fraction of sp³-hybridized carbons (Fsp3) is 0.273. The summed E-state index contributed by atoms with van der Waals surface area (Å²) in [7, 11) is 3.87. The Balaban J connectivity index is 0.000000260. The van der Waals surface area contributed by atoms with Crippen LogP contribution in [0.15, 0.2) is 67.9 Å². The van der Waals surface area contributed by atoms with Crippen LogP contribution in [-0.4, -0.2) is 47.0 Å². The van der Waals surface area contributed by atoms with E-state index in [1.165, 1.54) is 29.5 Å². The summed E-state index contributed by atoms with van der Waals surface area (Å²) in [4.78, 5) is 16.3. The number of nitrogens with one attached hydrogen (secondary N) is 1. The Morgan fingerprint density at radius 1 is 1.26 bits per heavy atom. The molecule has 27 heavy (non-hydrogen) atoms. The summed E-state index contributed by atoms with van der Waals surface area (Å²) in [6.45, 7) is 9.50. The van der Waals surface area contributed by atoms with E-state index in [9.17, 15) is 0 Å². The summed E-state index contributed by atoms with van der Waals surface area (Å²) in [5, 5.41) is 1.17. The van der Waals surface area contributed by atoms with Gasteiger partial charge in [0, 0.05) is 68.0 Å². The second-order valence-corrected chi connectivity index (χ2v) is 6.82. The van der Waals surface area contributed by atoms with E-state index in [4.69, 9.17) is 0 Å². The molecular formula is C22H27N5.